The van der Waals surface area contributed by atoms with Crippen molar-refractivity contribution in [1.82, 2.24) is 25.4 Å². The largest absolute Gasteiger partial charge is 0.479 e. The first kappa shape index (κ1) is 14.9. The van der Waals surface area contributed by atoms with Crippen molar-refractivity contribution >= 4 is 12.0 Å². The van der Waals surface area contributed by atoms with Crippen molar-refractivity contribution in [2.75, 3.05) is 13.7 Å². The molecule has 1 atom stereocenters. The van der Waals surface area contributed by atoms with Gasteiger partial charge in [-0.3, -0.25) is 0 Å². The van der Waals surface area contributed by atoms with E-state index in [9.17, 15) is 9.59 Å². The Balaban J connectivity index is 2.34. The third-order valence-electron chi connectivity index (χ3n) is 2.45. The molecule has 1 rings (SSSR count). The molecule has 0 bridgehead atoms. The number of hydrogen-bond acceptors (Lipinski definition) is 5. The van der Waals surface area contributed by atoms with E-state index in [1.165, 1.54) is 7.11 Å². The Hall–Kier alpha value is -2.16. The van der Waals surface area contributed by atoms with Gasteiger partial charge in [-0.05, 0) is 6.92 Å². The second kappa shape index (κ2) is 7.31. The summed E-state index contributed by atoms with van der Waals surface area (Å²) in [7, 11) is 1.27. The summed E-state index contributed by atoms with van der Waals surface area (Å²) in [6.07, 6.45) is 0.505. The van der Waals surface area contributed by atoms with Gasteiger partial charge in [0.2, 0.25) is 0 Å². The Bertz CT molecular complexity index is 433. The highest BCUT2D eigenvalue weighted by Crippen LogP contribution is 1.94. The Morgan fingerprint density at radius 1 is 1.53 bits per heavy atom. The Morgan fingerprint density at radius 3 is 2.84 bits per heavy atom. The van der Waals surface area contributed by atoms with Gasteiger partial charge in [0.1, 0.15) is 6.33 Å². The van der Waals surface area contributed by atoms with E-state index in [4.69, 9.17) is 5.11 Å². The standard InChI is InChI=1S/C10H17N5O4/c1-3-15-6-13-14-8(15)5-12-10(18)11-4-7(19-2)9(16)17/h6-7H,3-5H2,1-2H3,(H,16,17)(H2,11,12,18). The van der Waals surface area contributed by atoms with Crippen molar-refractivity contribution in [3.63, 3.8) is 0 Å². The van der Waals surface area contributed by atoms with Crippen LogP contribution in [0.4, 0.5) is 4.79 Å². The minimum Gasteiger partial charge on any atom is -0.479 e. The fourth-order valence-corrected chi connectivity index (χ4v) is 1.36. The van der Waals surface area contributed by atoms with E-state index in [1.807, 2.05) is 6.92 Å². The van der Waals surface area contributed by atoms with Crippen LogP contribution in [0.15, 0.2) is 6.33 Å². The van der Waals surface area contributed by atoms with Gasteiger partial charge in [0, 0.05) is 13.7 Å². The van der Waals surface area contributed by atoms with Crippen LogP contribution in [0.2, 0.25) is 0 Å². The van der Waals surface area contributed by atoms with Crippen LogP contribution in [0, 0.1) is 0 Å². The smallest absolute Gasteiger partial charge is 0.334 e. The fourth-order valence-electron chi connectivity index (χ4n) is 1.36. The highest BCUT2D eigenvalue weighted by molar-refractivity contribution is 5.76. The number of carbonyl (C=O) groups is 2. The van der Waals surface area contributed by atoms with Crippen LogP contribution in [0.3, 0.4) is 0 Å². The minimum absolute atomic E-state index is 0.113. The number of aromatic nitrogens is 3. The number of carboxylic acids is 1. The molecule has 0 aliphatic rings. The highest BCUT2D eigenvalue weighted by atomic mass is 16.5. The van der Waals surface area contributed by atoms with Gasteiger partial charge in [0.25, 0.3) is 0 Å². The predicted molar refractivity (Wildman–Crippen MR) is 64.4 cm³/mol. The van der Waals surface area contributed by atoms with Crippen LogP contribution in [0.25, 0.3) is 0 Å². The maximum atomic E-state index is 11.5. The average Bonchev–Trinajstić information content (AvgIpc) is 2.84. The van der Waals surface area contributed by atoms with E-state index < -0.39 is 18.1 Å². The zero-order valence-corrected chi connectivity index (χ0v) is 10.8. The summed E-state index contributed by atoms with van der Waals surface area (Å²) >= 11 is 0. The molecule has 1 aromatic rings. The molecule has 0 fully saturated rings. The summed E-state index contributed by atoms with van der Waals surface area (Å²) in [5.41, 5.74) is 0. The molecule has 0 aliphatic heterocycles. The molecular formula is C10H17N5O4. The first-order chi connectivity index (χ1) is 9.08. The molecule has 0 aromatic carbocycles. The fraction of sp³-hybridized carbons (Fsp3) is 0.600. The summed E-state index contributed by atoms with van der Waals surface area (Å²) < 4.78 is 6.47. The molecule has 106 valence electrons. The quantitative estimate of drug-likeness (QED) is 0.597. The van der Waals surface area contributed by atoms with Gasteiger partial charge in [-0.25, -0.2) is 9.59 Å². The van der Waals surface area contributed by atoms with E-state index in [0.29, 0.717) is 12.4 Å². The van der Waals surface area contributed by atoms with Crippen molar-refractivity contribution in [3.05, 3.63) is 12.2 Å². The summed E-state index contributed by atoms with van der Waals surface area (Å²) in [4.78, 5) is 22.1. The van der Waals surface area contributed by atoms with Crippen molar-refractivity contribution in [1.29, 1.82) is 0 Å². The topological polar surface area (TPSA) is 118 Å². The lowest BCUT2D eigenvalue weighted by molar-refractivity contribution is -0.147. The molecular weight excluding hydrogens is 254 g/mol. The van der Waals surface area contributed by atoms with Gasteiger partial charge in [-0.1, -0.05) is 0 Å². The first-order valence-electron chi connectivity index (χ1n) is 5.72. The molecule has 1 heterocycles. The van der Waals surface area contributed by atoms with E-state index in [0.717, 1.165) is 0 Å². The molecule has 0 saturated heterocycles. The Labute approximate surface area is 110 Å². The van der Waals surface area contributed by atoms with Crippen LogP contribution in [0.1, 0.15) is 12.7 Å². The number of ether oxygens (including phenoxy) is 1. The first-order valence-corrected chi connectivity index (χ1v) is 5.72. The normalized spacial score (nSPS) is 11.9. The second-order valence-electron chi connectivity index (χ2n) is 3.66. The highest BCUT2D eigenvalue weighted by Gasteiger charge is 2.17. The SMILES string of the molecule is CCn1cnnc1CNC(=O)NCC(OC)C(=O)O. The molecule has 0 spiro atoms. The number of urea groups is 1. The molecule has 19 heavy (non-hydrogen) atoms. The lowest BCUT2D eigenvalue weighted by Crippen LogP contribution is -2.42. The molecule has 9 nitrogen and oxygen atoms in total. The van der Waals surface area contributed by atoms with Crippen molar-refractivity contribution in [3.8, 4) is 0 Å². The van der Waals surface area contributed by atoms with Crippen molar-refractivity contribution < 1.29 is 19.4 Å². The van der Waals surface area contributed by atoms with E-state index in [2.05, 4.69) is 25.6 Å². The Kier molecular flexibility index (Phi) is 5.73. The van der Waals surface area contributed by atoms with Gasteiger partial charge in [0.15, 0.2) is 11.9 Å². The molecule has 9 heteroatoms. The van der Waals surface area contributed by atoms with Crippen molar-refractivity contribution in [2.24, 2.45) is 0 Å². The Morgan fingerprint density at radius 2 is 2.26 bits per heavy atom. The monoisotopic (exact) mass is 271 g/mol. The second-order valence-corrected chi connectivity index (χ2v) is 3.66. The number of nitrogens with one attached hydrogen (secondary N) is 2. The number of carbonyl (C=O) groups excluding carboxylic acids is 1. The number of carboxylic acid groups (broad SMARTS) is 1. The summed E-state index contributed by atoms with van der Waals surface area (Å²) in [5.74, 6) is -0.507. The number of rotatable bonds is 7. The van der Waals surface area contributed by atoms with Crippen LogP contribution in [0.5, 0.6) is 0 Å². The van der Waals surface area contributed by atoms with E-state index >= 15 is 0 Å². The van der Waals surface area contributed by atoms with Gasteiger partial charge in [-0.2, -0.15) is 0 Å². The summed E-state index contributed by atoms with van der Waals surface area (Å²) in [6, 6.07) is -0.492. The lowest BCUT2D eigenvalue weighted by Gasteiger charge is -2.12. The van der Waals surface area contributed by atoms with Crippen LogP contribution in [-0.4, -0.2) is 51.6 Å². The average molecular weight is 271 g/mol. The van der Waals surface area contributed by atoms with E-state index in [1.54, 1.807) is 10.9 Å². The summed E-state index contributed by atoms with van der Waals surface area (Å²) in [6.45, 7) is 2.74. The van der Waals surface area contributed by atoms with Crippen molar-refractivity contribution in [2.45, 2.75) is 26.1 Å². The van der Waals surface area contributed by atoms with Gasteiger partial charge in [0.05, 0.1) is 13.1 Å². The van der Waals surface area contributed by atoms with Gasteiger partial charge in [-0.15, -0.1) is 10.2 Å². The minimum atomic E-state index is -1.13. The van der Waals surface area contributed by atoms with Crippen LogP contribution in [-0.2, 0) is 22.6 Å². The number of aliphatic carboxylic acids is 1. The van der Waals surface area contributed by atoms with Crippen LogP contribution >= 0.6 is 0 Å². The maximum Gasteiger partial charge on any atom is 0.334 e. The number of amides is 2. The van der Waals surface area contributed by atoms with Gasteiger partial charge < -0.3 is 25.0 Å². The zero-order valence-electron chi connectivity index (χ0n) is 10.8. The third kappa shape index (κ3) is 4.54. The predicted octanol–water partition coefficient (Wildman–Crippen LogP) is -0.803. The molecule has 2 amide bonds. The van der Waals surface area contributed by atoms with E-state index in [-0.39, 0.29) is 13.1 Å². The zero-order chi connectivity index (χ0) is 14.3. The lowest BCUT2D eigenvalue weighted by atomic mass is 10.3. The molecule has 1 unspecified atom stereocenters. The molecule has 0 aliphatic carbocycles. The van der Waals surface area contributed by atoms with Gasteiger partial charge >= 0.3 is 12.0 Å². The maximum absolute atomic E-state index is 11.5. The third-order valence-corrected chi connectivity index (χ3v) is 2.45. The number of hydrogen-bond donors (Lipinski definition) is 3. The molecule has 3 N–H and O–H groups in total. The van der Waals surface area contributed by atoms with Crippen LogP contribution < -0.4 is 10.6 Å². The number of aryl methyl sites for hydroxylation is 1. The molecule has 1 aromatic heterocycles. The molecule has 0 saturated carbocycles. The number of nitrogens with zero attached hydrogens (tertiary/aromatic N) is 3. The summed E-state index contributed by atoms with van der Waals surface area (Å²) in [5, 5.41) is 21.2. The number of methoxy groups -OCH3 is 1. The molecule has 0 radical (unpaired) electrons.